The quantitative estimate of drug-likeness (QED) is 0.806. The zero-order valence-corrected chi connectivity index (χ0v) is 13.3. The van der Waals surface area contributed by atoms with Crippen LogP contribution in [-0.4, -0.2) is 27.1 Å². The molecule has 0 aliphatic heterocycles. The van der Waals surface area contributed by atoms with Crippen LogP contribution in [0.25, 0.3) is 0 Å². The molecule has 0 heterocycles. The Hall–Kier alpha value is -2.55. The molecule has 0 aliphatic rings. The number of carbonyl (C=O) groups excluding carboxylic acids is 1. The Kier molecular flexibility index (Phi) is 5.13. The lowest BCUT2D eigenvalue weighted by atomic mass is 10.2. The molecule has 0 saturated heterocycles. The van der Waals surface area contributed by atoms with Gasteiger partial charge in [-0.1, -0.05) is 0 Å². The highest BCUT2D eigenvalue weighted by Gasteiger charge is 2.14. The zero-order chi connectivity index (χ0) is 17.9. The molecule has 5 nitrogen and oxygen atoms in total. The van der Waals surface area contributed by atoms with Crippen LogP contribution in [0.2, 0.25) is 0 Å². The summed E-state index contributed by atoms with van der Waals surface area (Å²) in [5.41, 5.74) is -0.0172. The average Bonchev–Trinajstić information content (AvgIpc) is 2.51. The third-order valence-corrected chi connectivity index (χ3v) is 4.17. The van der Waals surface area contributed by atoms with Crippen molar-refractivity contribution in [2.75, 3.05) is 23.4 Å². The maximum absolute atomic E-state index is 13.4. The van der Waals surface area contributed by atoms with Gasteiger partial charge >= 0.3 is 0 Å². The van der Waals surface area contributed by atoms with Gasteiger partial charge in [-0.3, -0.25) is 4.79 Å². The van der Waals surface area contributed by atoms with Gasteiger partial charge in [-0.2, -0.15) is 0 Å². The highest BCUT2D eigenvalue weighted by molar-refractivity contribution is 7.90. The van der Waals surface area contributed by atoms with E-state index in [2.05, 4.69) is 10.6 Å². The summed E-state index contributed by atoms with van der Waals surface area (Å²) in [4.78, 5) is 11.8. The number of carbonyl (C=O) groups is 1. The van der Waals surface area contributed by atoms with Crippen LogP contribution in [-0.2, 0) is 14.6 Å². The number of amides is 1. The van der Waals surface area contributed by atoms with Crippen molar-refractivity contribution in [1.29, 1.82) is 0 Å². The van der Waals surface area contributed by atoms with Crippen molar-refractivity contribution in [3.63, 3.8) is 0 Å². The van der Waals surface area contributed by atoms with E-state index in [1.54, 1.807) is 0 Å². The van der Waals surface area contributed by atoms with Gasteiger partial charge in [0.15, 0.2) is 27.3 Å². The van der Waals surface area contributed by atoms with Gasteiger partial charge < -0.3 is 10.6 Å². The third-order valence-electron chi connectivity index (χ3n) is 3.04. The van der Waals surface area contributed by atoms with Crippen LogP contribution in [0.15, 0.2) is 41.3 Å². The first-order valence-corrected chi connectivity index (χ1v) is 8.55. The normalized spacial score (nSPS) is 11.2. The number of nitrogens with one attached hydrogen (secondary N) is 2. The molecular weight excluding hydrogens is 345 g/mol. The maximum atomic E-state index is 13.4. The lowest BCUT2D eigenvalue weighted by Gasteiger charge is -2.09. The largest absolute Gasteiger partial charge is 0.374 e. The molecule has 0 spiro atoms. The molecule has 1 amide bonds. The first kappa shape index (κ1) is 17.8. The average molecular weight is 358 g/mol. The van der Waals surface area contributed by atoms with Gasteiger partial charge in [0.2, 0.25) is 5.91 Å². The van der Waals surface area contributed by atoms with Crippen LogP contribution >= 0.6 is 0 Å². The fraction of sp³-hybridized carbons (Fsp3) is 0.133. The molecule has 0 atom stereocenters. The Balaban J connectivity index is 1.98. The number of rotatable bonds is 5. The molecule has 2 aromatic carbocycles. The monoisotopic (exact) mass is 358 g/mol. The van der Waals surface area contributed by atoms with Crippen molar-refractivity contribution in [2.24, 2.45) is 0 Å². The van der Waals surface area contributed by atoms with E-state index in [0.29, 0.717) is 5.69 Å². The number of hydrogen-bond donors (Lipinski definition) is 2. The van der Waals surface area contributed by atoms with Crippen LogP contribution < -0.4 is 10.6 Å². The van der Waals surface area contributed by atoms with E-state index in [-0.39, 0.29) is 10.6 Å². The molecule has 0 radical (unpaired) electrons. The lowest BCUT2D eigenvalue weighted by Crippen LogP contribution is -2.22. The zero-order valence-electron chi connectivity index (χ0n) is 12.4. The van der Waals surface area contributed by atoms with Crippen LogP contribution in [0, 0.1) is 17.5 Å². The van der Waals surface area contributed by atoms with E-state index >= 15 is 0 Å². The minimum Gasteiger partial charge on any atom is -0.374 e. The first-order valence-electron chi connectivity index (χ1n) is 6.66. The summed E-state index contributed by atoms with van der Waals surface area (Å²) >= 11 is 0. The summed E-state index contributed by atoms with van der Waals surface area (Å²) in [6.07, 6.45) is 1.06. The van der Waals surface area contributed by atoms with Crippen molar-refractivity contribution in [3.05, 3.63) is 53.8 Å². The molecule has 0 aromatic heterocycles. The molecule has 2 rings (SSSR count). The Morgan fingerprint density at radius 2 is 1.62 bits per heavy atom. The van der Waals surface area contributed by atoms with Gasteiger partial charge in [-0.05, 0) is 36.4 Å². The molecule has 24 heavy (non-hydrogen) atoms. The Morgan fingerprint density at radius 3 is 2.21 bits per heavy atom. The summed E-state index contributed by atoms with van der Waals surface area (Å²) in [5, 5.41) is 4.80. The number of benzene rings is 2. The van der Waals surface area contributed by atoms with Crippen LogP contribution in [0.1, 0.15) is 0 Å². The second-order valence-electron chi connectivity index (χ2n) is 4.92. The summed E-state index contributed by atoms with van der Waals surface area (Å²) in [6.45, 7) is -0.393. The Labute approximate surface area is 136 Å². The highest BCUT2D eigenvalue weighted by atomic mass is 32.2. The van der Waals surface area contributed by atoms with Crippen LogP contribution in [0.3, 0.4) is 0 Å². The van der Waals surface area contributed by atoms with E-state index in [0.717, 1.165) is 18.4 Å². The van der Waals surface area contributed by atoms with Gasteiger partial charge in [-0.25, -0.2) is 21.6 Å². The number of halogens is 3. The van der Waals surface area contributed by atoms with E-state index in [1.165, 1.54) is 24.3 Å². The van der Waals surface area contributed by atoms with Crippen molar-refractivity contribution < 1.29 is 26.4 Å². The standard InChI is InChI=1S/C15H13F3N2O3S/c1-24(22,23)10-4-2-9(3-5-10)20-13(21)8-19-12-7-6-11(16)14(17)15(12)18/h2-7,19H,8H2,1H3,(H,20,21). The minimum atomic E-state index is -3.34. The molecule has 2 N–H and O–H groups in total. The molecule has 0 aliphatic carbocycles. The highest BCUT2D eigenvalue weighted by Crippen LogP contribution is 2.19. The minimum absolute atomic E-state index is 0.0995. The van der Waals surface area contributed by atoms with Crippen molar-refractivity contribution in [1.82, 2.24) is 0 Å². The summed E-state index contributed by atoms with van der Waals surface area (Å²) in [5.74, 6) is -4.95. The summed E-state index contributed by atoms with van der Waals surface area (Å²) in [6, 6.07) is 7.16. The SMILES string of the molecule is CS(=O)(=O)c1ccc(NC(=O)CNc2ccc(F)c(F)c2F)cc1. The maximum Gasteiger partial charge on any atom is 0.243 e. The van der Waals surface area contributed by atoms with Crippen molar-refractivity contribution in [3.8, 4) is 0 Å². The Morgan fingerprint density at radius 1 is 1.00 bits per heavy atom. The van der Waals surface area contributed by atoms with Gasteiger partial charge in [0.25, 0.3) is 0 Å². The van der Waals surface area contributed by atoms with Crippen LogP contribution in [0.5, 0.6) is 0 Å². The van der Waals surface area contributed by atoms with E-state index in [9.17, 15) is 26.4 Å². The first-order chi connectivity index (χ1) is 11.2. The topological polar surface area (TPSA) is 75.3 Å². The van der Waals surface area contributed by atoms with Gasteiger partial charge in [0.1, 0.15) is 0 Å². The predicted molar refractivity (Wildman–Crippen MR) is 83.0 cm³/mol. The second kappa shape index (κ2) is 6.91. The molecule has 128 valence electrons. The van der Waals surface area contributed by atoms with Crippen molar-refractivity contribution in [2.45, 2.75) is 4.90 Å². The van der Waals surface area contributed by atoms with Crippen molar-refractivity contribution >= 4 is 27.1 Å². The third kappa shape index (κ3) is 4.25. The number of sulfone groups is 1. The van der Waals surface area contributed by atoms with E-state index < -0.39 is 39.7 Å². The lowest BCUT2D eigenvalue weighted by molar-refractivity contribution is -0.114. The number of hydrogen-bond acceptors (Lipinski definition) is 4. The summed E-state index contributed by atoms with van der Waals surface area (Å²) in [7, 11) is -3.34. The smallest absolute Gasteiger partial charge is 0.243 e. The molecule has 9 heteroatoms. The molecule has 0 saturated carbocycles. The Bertz CT molecular complexity index is 868. The molecule has 0 bridgehead atoms. The van der Waals surface area contributed by atoms with E-state index in [4.69, 9.17) is 0 Å². The molecular formula is C15H13F3N2O3S. The predicted octanol–water partition coefficient (Wildman–Crippen LogP) is 2.56. The van der Waals surface area contributed by atoms with Gasteiger partial charge in [0.05, 0.1) is 17.1 Å². The molecule has 0 unspecified atom stereocenters. The van der Waals surface area contributed by atoms with Gasteiger partial charge in [0, 0.05) is 11.9 Å². The fourth-order valence-electron chi connectivity index (χ4n) is 1.83. The molecule has 0 fully saturated rings. The van der Waals surface area contributed by atoms with E-state index in [1.807, 2.05) is 0 Å². The molecule has 2 aromatic rings. The van der Waals surface area contributed by atoms with Crippen LogP contribution in [0.4, 0.5) is 24.5 Å². The summed E-state index contributed by atoms with van der Waals surface area (Å²) < 4.78 is 61.9. The number of anilines is 2. The second-order valence-corrected chi connectivity index (χ2v) is 6.94. The fourth-order valence-corrected chi connectivity index (χ4v) is 2.46. The van der Waals surface area contributed by atoms with Gasteiger partial charge in [-0.15, -0.1) is 0 Å².